The Morgan fingerprint density at radius 3 is 2.67 bits per heavy atom. The fourth-order valence-electron chi connectivity index (χ4n) is 1.36. The van der Waals surface area contributed by atoms with Crippen molar-refractivity contribution in [2.24, 2.45) is 14.1 Å². The van der Waals surface area contributed by atoms with Crippen molar-refractivity contribution in [1.82, 2.24) is 29.9 Å². The topological polar surface area (TPSA) is 60.6 Å². The van der Waals surface area contributed by atoms with Crippen LogP contribution in [0.25, 0.3) is 0 Å². The molecule has 80 valence electrons. The van der Waals surface area contributed by atoms with Crippen molar-refractivity contribution in [3.63, 3.8) is 0 Å². The molecule has 0 saturated heterocycles. The molecule has 0 saturated carbocycles. The monoisotopic (exact) mass is 206 g/mol. The maximum absolute atomic E-state index is 4.12. The van der Waals surface area contributed by atoms with Crippen LogP contribution in [0.4, 0.5) is 0 Å². The summed E-state index contributed by atoms with van der Waals surface area (Å²) in [6, 6.07) is 1.99. The molecular weight excluding hydrogens is 192 g/mol. The van der Waals surface area contributed by atoms with Gasteiger partial charge in [0.05, 0.1) is 12.2 Å². The number of hydrogen-bond acceptors (Lipinski definition) is 4. The van der Waals surface area contributed by atoms with E-state index in [1.54, 1.807) is 17.2 Å². The van der Waals surface area contributed by atoms with Crippen molar-refractivity contribution in [1.29, 1.82) is 0 Å². The summed E-state index contributed by atoms with van der Waals surface area (Å²) in [4.78, 5) is 4.12. The second kappa shape index (κ2) is 4.22. The van der Waals surface area contributed by atoms with E-state index >= 15 is 0 Å². The molecule has 0 spiro atoms. The Morgan fingerprint density at radius 2 is 2.07 bits per heavy atom. The van der Waals surface area contributed by atoms with Gasteiger partial charge in [-0.3, -0.25) is 9.36 Å². The zero-order valence-electron chi connectivity index (χ0n) is 8.88. The third kappa shape index (κ3) is 2.21. The van der Waals surface area contributed by atoms with E-state index in [0.29, 0.717) is 6.54 Å². The molecule has 0 aliphatic carbocycles. The van der Waals surface area contributed by atoms with Crippen LogP contribution < -0.4 is 5.32 Å². The highest BCUT2D eigenvalue weighted by Gasteiger charge is 2.01. The molecule has 1 N–H and O–H groups in total. The molecule has 0 bridgehead atoms. The molecule has 0 amide bonds. The highest BCUT2D eigenvalue weighted by molar-refractivity contribution is 4.99. The average Bonchev–Trinajstić information content (AvgIpc) is 2.78. The first-order chi connectivity index (χ1) is 7.27. The first-order valence-corrected chi connectivity index (χ1v) is 4.78. The van der Waals surface area contributed by atoms with Crippen LogP contribution in [0.1, 0.15) is 11.5 Å². The Balaban J connectivity index is 1.86. The van der Waals surface area contributed by atoms with Gasteiger partial charge in [-0.2, -0.15) is 10.2 Å². The smallest absolute Gasteiger partial charge is 0.140 e. The van der Waals surface area contributed by atoms with E-state index < -0.39 is 0 Å². The van der Waals surface area contributed by atoms with E-state index in [1.165, 1.54) is 0 Å². The summed E-state index contributed by atoms with van der Waals surface area (Å²) >= 11 is 0. The third-order valence-corrected chi connectivity index (χ3v) is 2.32. The van der Waals surface area contributed by atoms with Crippen molar-refractivity contribution < 1.29 is 0 Å². The Morgan fingerprint density at radius 1 is 1.20 bits per heavy atom. The molecular formula is C9H14N6. The number of nitrogens with one attached hydrogen (secondary N) is 1. The molecule has 0 aromatic carbocycles. The fraction of sp³-hybridized carbons (Fsp3) is 0.444. The molecule has 0 aliphatic heterocycles. The van der Waals surface area contributed by atoms with E-state index in [0.717, 1.165) is 18.1 Å². The lowest BCUT2D eigenvalue weighted by Crippen LogP contribution is -2.17. The standard InChI is InChI=1S/C9H14N6/c1-14-8(3-4-12-14)5-10-6-9-11-7-13-15(9)2/h3-4,7,10H,5-6H2,1-2H3. The maximum atomic E-state index is 4.12. The van der Waals surface area contributed by atoms with Gasteiger partial charge in [0, 0.05) is 26.8 Å². The third-order valence-electron chi connectivity index (χ3n) is 2.32. The quantitative estimate of drug-likeness (QED) is 0.755. The summed E-state index contributed by atoms with van der Waals surface area (Å²) in [6.45, 7) is 1.49. The lowest BCUT2D eigenvalue weighted by atomic mass is 10.4. The van der Waals surface area contributed by atoms with Crippen LogP contribution in [0.5, 0.6) is 0 Å². The lowest BCUT2D eigenvalue weighted by molar-refractivity contribution is 0.586. The minimum Gasteiger partial charge on any atom is -0.304 e. The first-order valence-electron chi connectivity index (χ1n) is 4.78. The zero-order valence-corrected chi connectivity index (χ0v) is 8.88. The van der Waals surface area contributed by atoms with Crippen LogP contribution in [0.2, 0.25) is 0 Å². The lowest BCUT2D eigenvalue weighted by Gasteiger charge is -2.04. The summed E-state index contributed by atoms with van der Waals surface area (Å²) in [7, 11) is 3.81. The van der Waals surface area contributed by atoms with E-state index in [2.05, 4.69) is 20.5 Å². The van der Waals surface area contributed by atoms with Crippen molar-refractivity contribution in [3.8, 4) is 0 Å². The van der Waals surface area contributed by atoms with Crippen LogP contribution >= 0.6 is 0 Å². The fourth-order valence-corrected chi connectivity index (χ4v) is 1.36. The number of aryl methyl sites for hydroxylation is 2. The van der Waals surface area contributed by atoms with Gasteiger partial charge >= 0.3 is 0 Å². The van der Waals surface area contributed by atoms with Crippen LogP contribution in [0, 0.1) is 0 Å². The van der Waals surface area contributed by atoms with Crippen LogP contribution in [-0.2, 0) is 27.2 Å². The predicted molar refractivity (Wildman–Crippen MR) is 54.8 cm³/mol. The Labute approximate surface area is 87.9 Å². The summed E-state index contributed by atoms with van der Waals surface area (Å²) in [5, 5.41) is 11.4. The first kappa shape index (κ1) is 9.85. The van der Waals surface area contributed by atoms with E-state index in [4.69, 9.17) is 0 Å². The van der Waals surface area contributed by atoms with E-state index in [9.17, 15) is 0 Å². The molecule has 6 nitrogen and oxygen atoms in total. The minimum absolute atomic E-state index is 0.710. The maximum Gasteiger partial charge on any atom is 0.140 e. The molecule has 2 aromatic heterocycles. The summed E-state index contributed by atoms with van der Waals surface area (Å²) in [5.74, 6) is 0.928. The number of rotatable bonds is 4. The Kier molecular flexibility index (Phi) is 2.77. The van der Waals surface area contributed by atoms with Gasteiger partial charge in [-0.25, -0.2) is 4.98 Å². The summed E-state index contributed by atoms with van der Waals surface area (Å²) in [6.07, 6.45) is 3.35. The normalized spacial score (nSPS) is 10.8. The minimum atomic E-state index is 0.710. The largest absolute Gasteiger partial charge is 0.304 e. The van der Waals surface area contributed by atoms with Gasteiger partial charge in [0.15, 0.2) is 0 Å². The second-order valence-electron chi connectivity index (χ2n) is 3.35. The van der Waals surface area contributed by atoms with Crippen molar-refractivity contribution in [2.75, 3.05) is 0 Å². The van der Waals surface area contributed by atoms with Gasteiger partial charge in [-0.1, -0.05) is 0 Å². The van der Waals surface area contributed by atoms with Crippen molar-refractivity contribution >= 4 is 0 Å². The summed E-state index contributed by atoms with van der Waals surface area (Å²) < 4.78 is 3.61. The number of hydrogen-bond donors (Lipinski definition) is 1. The van der Waals surface area contributed by atoms with Crippen molar-refractivity contribution in [2.45, 2.75) is 13.1 Å². The molecule has 15 heavy (non-hydrogen) atoms. The van der Waals surface area contributed by atoms with Crippen LogP contribution in [-0.4, -0.2) is 24.5 Å². The van der Waals surface area contributed by atoms with Gasteiger partial charge in [0.25, 0.3) is 0 Å². The van der Waals surface area contributed by atoms with E-state index in [-0.39, 0.29) is 0 Å². The molecule has 0 atom stereocenters. The Hall–Kier alpha value is -1.69. The molecule has 0 radical (unpaired) electrons. The van der Waals surface area contributed by atoms with Gasteiger partial charge in [-0.05, 0) is 6.07 Å². The van der Waals surface area contributed by atoms with Crippen LogP contribution in [0.15, 0.2) is 18.6 Å². The highest BCUT2D eigenvalue weighted by Crippen LogP contribution is 1.96. The van der Waals surface area contributed by atoms with Gasteiger partial charge < -0.3 is 5.32 Å². The van der Waals surface area contributed by atoms with Gasteiger partial charge in [0.2, 0.25) is 0 Å². The summed E-state index contributed by atoms with van der Waals surface area (Å²) in [5.41, 5.74) is 1.15. The van der Waals surface area contributed by atoms with Gasteiger partial charge in [-0.15, -0.1) is 0 Å². The predicted octanol–water partition coefficient (Wildman–Crippen LogP) is -0.162. The SMILES string of the molecule is Cn1nccc1CNCc1ncnn1C. The second-order valence-corrected chi connectivity index (χ2v) is 3.35. The molecule has 2 rings (SSSR count). The number of aromatic nitrogens is 5. The molecule has 0 unspecified atom stereocenters. The molecule has 2 aromatic rings. The molecule has 0 fully saturated rings. The van der Waals surface area contributed by atoms with Crippen LogP contribution in [0.3, 0.4) is 0 Å². The number of nitrogens with zero attached hydrogens (tertiary/aromatic N) is 5. The Bertz CT molecular complexity index is 389. The molecule has 6 heteroatoms. The molecule has 0 aliphatic rings. The zero-order chi connectivity index (χ0) is 10.7. The van der Waals surface area contributed by atoms with E-state index in [1.807, 2.05) is 24.8 Å². The highest BCUT2D eigenvalue weighted by atomic mass is 15.3. The average molecular weight is 206 g/mol. The van der Waals surface area contributed by atoms with Crippen molar-refractivity contribution in [3.05, 3.63) is 30.1 Å². The van der Waals surface area contributed by atoms with Gasteiger partial charge in [0.1, 0.15) is 12.2 Å². The molecule has 2 heterocycles.